The summed E-state index contributed by atoms with van der Waals surface area (Å²) >= 11 is 0. The molecule has 0 aliphatic carbocycles. The number of ether oxygens (including phenoxy) is 1. The molecule has 0 bridgehead atoms. The predicted molar refractivity (Wildman–Crippen MR) is 143 cm³/mol. The molecule has 10 nitrogen and oxygen atoms in total. The van der Waals surface area contributed by atoms with Crippen molar-refractivity contribution in [1.82, 2.24) is 24.6 Å². The second kappa shape index (κ2) is 11.6. The summed E-state index contributed by atoms with van der Waals surface area (Å²) in [7, 11) is 0. The van der Waals surface area contributed by atoms with Crippen LogP contribution >= 0.6 is 0 Å². The SMILES string of the molecule is N#Cc1cccc(-c2ccc(=O)n(Cc3cccc(-c4ncc(OCC5CCN(C(=O)O)CC5)cn4)c3)n2)c1. The Bertz CT molecular complexity index is 1570. The number of nitriles is 1. The number of benzene rings is 2. The van der Waals surface area contributed by atoms with E-state index in [0.29, 0.717) is 48.4 Å². The molecule has 39 heavy (non-hydrogen) atoms. The molecule has 1 aliphatic heterocycles. The van der Waals surface area contributed by atoms with E-state index >= 15 is 0 Å². The fraction of sp³-hybridized carbons (Fsp3) is 0.241. The molecule has 10 heteroatoms. The first-order chi connectivity index (χ1) is 19.0. The molecular weight excluding hydrogens is 496 g/mol. The van der Waals surface area contributed by atoms with Gasteiger partial charge in [0, 0.05) is 30.3 Å². The molecule has 2 aromatic carbocycles. The Balaban J connectivity index is 1.24. The van der Waals surface area contributed by atoms with E-state index in [1.807, 2.05) is 30.3 Å². The third-order valence-corrected chi connectivity index (χ3v) is 6.67. The zero-order valence-corrected chi connectivity index (χ0v) is 21.1. The van der Waals surface area contributed by atoms with Gasteiger partial charge in [0.2, 0.25) is 0 Å². The van der Waals surface area contributed by atoms with Gasteiger partial charge in [-0.2, -0.15) is 10.4 Å². The number of aromatic nitrogens is 4. The molecule has 0 saturated carbocycles. The summed E-state index contributed by atoms with van der Waals surface area (Å²) in [6.45, 7) is 1.80. The molecule has 0 unspecified atom stereocenters. The van der Waals surface area contributed by atoms with E-state index in [1.54, 1.807) is 36.7 Å². The van der Waals surface area contributed by atoms with Gasteiger partial charge in [-0.05, 0) is 48.6 Å². The fourth-order valence-corrected chi connectivity index (χ4v) is 4.49. The van der Waals surface area contributed by atoms with Crippen LogP contribution in [0.2, 0.25) is 0 Å². The first-order valence-corrected chi connectivity index (χ1v) is 12.6. The molecular formula is C29H26N6O4. The molecule has 1 aliphatic rings. The van der Waals surface area contributed by atoms with E-state index in [1.165, 1.54) is 15.6 Å². The van der Waals surface area contributed by atoms with Gasteiger partial charge in [0.1, 0.15) is 0 Å². The van der Waals surface area contributed by atoms with Crippen molar-refractivity contribution in [3.05, 3.63) is 94.5 Å². The van der Waals surface area contributed by atoms with Crippen molar-refractivity contribution in [2.75, 3.05) is 19.7 Å². The number of piperidine rings is 1. The molecule has 3 heterocycles. The molecule has 0 spiro atoms. The van der Waals surface area contributed by atoms with Gasteiger partial charge >= 0.3 is 6.09 Å². The maximum absolute atomic E-state index is 12.5. The number of carbonyl (C=O) groups is 1. The number of rotatable bonds is 7. The lowest BCUT2D eigenvalue weighted by Crippen LogP contribution is -2.38. The molecule has 5 rings (SSSR count). The van der Waals surface area contributed by atoms with Gasteiger partial charge < -0.3 is 14.7 Å². The Morgan fingerprint density at radius 1 is 1.03 bits per heavy atom. The Kier molecular flexibility index (Phi) is 7.59. The molecule has 196 valence electrons. The second-order valence-electron chi connectivity index (χ2n) is 9.37. The molecule has 1 amide bonds. The summed E-state index contributed by atoms with van der Waals surface area (Å²) in [5.41, 5.74) is 3.32. The predicted octanol–water partition coefficient (Wildman–Crippen LogP) is 4.06. The van der Waals surface area contributed by atoms with Crippen molar-refractivity contribution < 1.29 is 14.6 Å². The molecule has 0 radical (unpaired) electrons. The van der Waals surface area contributed by atoms with E-state index in [4.69, 9.17) is 9.84 Å². The summed E-state index contributed by atoms with van der Waals surface area (Å²) in [5.74, 6) is 1.38. The summed E-state index contributed by atoms with van der Waals surface area (Å²) in [4.78, 5) is 33.9. The van der Waals surface area contributed by atoms with Gasteiger partial charge in [-0.1, -0.05) is 30.3 Å². The van der Waals surface area contributed by atoms with Crippen LogP contribution in [-0.4, -0.2) is 55.5 Å². The van der Waals surface area contributed by atoms with Gasteiger partial charge in [0.05, 0.1) is 42.9 Å². The Hall–Kier alpha value is -5.04. The Labute approximate surface area is 224 Å². The number of carboxylic acid groups (broad SMARTS) is 1. The molecule has 0 atom stereocenters. The Morgan fingerprint density at radius 2 is 1.77 bits per heavy atom. The van der Waals surface area contributed by atoms with Crippen LogP contribution in [0.4, 0.5) is 4.79 Å². The minimum absolute atomic E-state index is 0.230. The van der Waals surface area contributed by atoms with Crippen LogP contribution in [0.5, 0.6) is 5.75 Å². The molecule has 4 aromatic rings. The largest absolute Gasteiger partial charge is 0.490 e. The standard InChI is InChI=1S/C29H26N6O4/c30-15-21-3-1-5-23(13-21)26-7-8-27(36)35(33-26)18-22-4-2-6-24(14-22)28-31-16-25(17-32-28)39-19-20-9-11-34(12-10-20)29(37)38/h1-8,13-14,16-17,20H,9-12,18-19H2,(H,37,38). The van der Waals surface area contributed by atoms with Gasteiger partial charge in [0.25, 0.3) is 5.56 Å². The van der Waals surface area contributed by atoms with E-state index in [-0.39, 0.29) is 12.1 Å². The maximum Gasteiger partial charge on any atom is 0.407 e. The third kappa shape index (κ3) is 6.27. The monoisotopic (exact) mass is 522 g/mol. The van der Waals surface area contributed by atoms with Crippen LogP contribution < -0.4 is 10.3 Å². The van der Waals surface area contributed by atoms with Crippen molar-refractivity contribution in [3.8, 4) is 34.5 Å². The molecule has 2 aromatic heterocycles. The third-order valence-electron chi connectivity index (χ3n) is 6.67. The average Bonchev–Trinajstić information content (AvgIpc) is 2.98. The average molecular weight is 523 g/mol. The zero-order chi connectivity index (χ0) is 27.2. The summed E-state index contributed by atoms with van der Waals surface area (Å²) in [6, 6.07) is 20.0. The highest BCUT2D eigenvalue weighted by molar-refractivity contribution is 5.65. The molecule has 1 N–H and O–H groups in total. The van der Waals surface area contributed by atoms with Crippen molar-refractivity contribution in [2.45, 2.75) is 19.4 Å². The number of nitrogens with zero attached hydrogens (tertiary/aromatic N) is 6. The van der Waals surface area contributed by atoms with E-state index < -0.39 is 6.09 Å². The highest BCUT2D eigenvalue weighted by atomic mass is 16.5. The van der Waals surface area contributed by atoms with E-state index in [9.17, 15) is 14.9 Å². The lowest BCUT2D eigenvalue weighted by molar-refractivity contribution is 0.111. The van der Waals surface area contributed by atoms with Crippen LogP contribution in [0.25, 0.3) is 22.6 Å². The normalized spacial score (nSPS) is 13.6. The lowest BCUT2D eigenvalue weighted by atomic mass is 9.98. The quantitative estimate of drug-likeness (QED) is 0.384. The number of hydrogen-bond acceptors (Lipinski definition) is 7. The number of hydrogen-bond donors (Lipinski definition) is 1. The summed E-state index contributed by atoms with van der Waals surface area (Å²) in [5, 5.41) is 22.8. The fourth-order valence-electron chi connectivity index (χ4n) is 4.49. The number of amides is 1. The molecule has 1 fully saturated rings. The topological polar surface area (TPSA) is 134 Å². The first-order valence-electron chi connectivity index (χ1n) is 12.6. The van der Waals surface area contributed by atoms with Gasteiger partial charge in [-0.3, -0.25) is 4.79 Å². The van der Waals surface area contributed by atoms with Crippen LogP contribution in [0, 0.1) is 17.2 Å². The van der Waals surface area contributed by atoms with Gasteiger partial charge in [-0.15, -0.1) is 0 Å². The molecule has 1 saturated heterocycles. The number of likely N-dealkylation sites (tertiary alicyclic amines) is 1. The minimum atomic E-state index is -0.874. The maximum atomic E-state index is 12.5. The lowest BCUT2D eigenvalue weighted by Gasteiger charge is -2.29. The second-order valence-corrected chi connectivity index (χ2v) is 9.37. The first kappa shape index (κ1) is 25.6. The van der Waals surface area contributed by atoms with E-state index in [0.717, 1.165) is 29.5 Å². The van der Waals surface area contributed by atoms with Crippen LogP contribution in [0.3, 0.4) is 0 Å². The Morgan fingerprint density at radius 3 is 2.51 bits per heavy atom. The smallest absolute Gasteiger partial charge is 0.407 e. The van der Waals surface area contributed by atoms with Crippen molar-refractivity contribution in [2.24, 2.45) is 5.92 Å². The summed E-state index contributed by atoms with van der Waals surface area (Å²) < 4.78 is 7.25. The zero-order valence-electron chi connectivity index (χ0n) is 21.1. The minimum Gasteiger partial charge on any atom is -0.490 e. The van der Waals surface area contributed by atoms with Crippen molar-refractivity contribution in [1.29, 1.82) is 5.26 Å². The van der Waals surface area contributed by atoms with Crippen molar-refractivity contribution >= 4 is 6.09 Å². The van der Waals surface area contributed by atoms with Crippen LogP contribution in [0.15, 0.2) is 77.9 Å². The van der Waals surface area contributed by atoms with Gasteiger partial charge in [-0.25, -0.2) is 19.4 Å². The van der Waals surface area contributed by atoms with Crippen LogP contribution in [-0.2, 0) is 6.54 Å². The van der Waals surface area contributed by atoms with E-state index in [2.05, 4.69) is 21.1 Å². The van der Waals surface area contributed by atoms with Crippen LogP contribution in [0.1, 0.15) is 24.0 Å². The highest BCUT2D eigenvalue weighted by Crippen LogP contribution is 2.22. The van der Waals surface area contributed by atoms with Crippen molar-refractivity contribution in [3.63, 3.8) is 0 Å². The summed E-state index contributed by atoms with van der Waals surface area (Å²) in [6.07, 6.45) is 3.93. The highest BCUT2D eigenvalue weighted by Gasteiger charge is 2.22. The van der Waals surface area contributed by atoms with Gasteiger partial charge in [0.15, 0.2) is 11.6 Å².